The van der Waals surface area contributed by atoms with Crippen LogP contribution in [-0.2, 0) is 0 Å². The van der Waals surface area contributed by atoms with Crippen LogP contribution in [0.2, 0.25) is 0 Å². The van der Waals surface area contributed by atoms with Crippen molar-refractivity contribution >= 4 is 12.2 Å². The molecule has 0 bridgehead atoms. The van der Waals surface area contributed by atoms with Crippen molar-refractivity contribution in [3.63, 3.8) is 0 Å². The van der Waals surface area contributed by atoms with Crippen LogP contribution in [0.3, 0.4) is 0 Å². The first kappa shape index (κ1) is 12.6. The van der Waals surface area contributed by atoms with E-state index in [4.69, 9.17) is 0 Å². The van der Waals surface area contributed by atoms with E-state index in [1.807, 2.05) is 13.0 Å². The zero-order valence-corrected chi connectivity index (χ0v) is 10.8. The van der Waals surface area contributed by atoms with E-state index in [0.717, 1.165) is 37.7 Å². The van der Waals surface area contributed by atoms with Crippen LogP contribution in [0.15, 0.2) is 17.5 Å². The van der Waals surface area contributed by atoms with Gasteiger partial charge in [0, 0.05) is 45.0 Å². The minimum absolute atomic E-state index is 0.929. The Hall–Kier alpha value is -1.89. The summed E-state index contributed by atoms with van der Waals surface area (Å²) in [5.74, 6) is 1.01. The van der Waals surface area contributed by atoms with E-state index in [-0.39, 0.29) is 0 Å². The number of piperazine rings is 1. The summed E-state index contributed by atoms with van der Waals surface area (Å²) in [5, 5.41) is 6.02. The molecule has 0 amide bonds. The molecule has 18 heavy (non-hydrogen) atoms. The smallest absolute Gasteiger partial charge is 0.132 e. The number of hydrogen-bond acceptors (Lipinski definition) is 6. The van der Waals surface area contributed by atoms with Crippen molar-refractivity contribution in [2.45, 2.75) is 6.92 Å². The molecule has 0 unspecified atom stereocenters. The molecule has 0 atom stereocenters. The predicted octanol–water partition coefficient (Wildman–Crippen LogP) is -0.426. The van der Waals surface area contributed by atoms with Crippen molar-refractivity contribution in [2.24, 2.45) is 5.10 Å². The van der Waals surface area contributed by atoms with Crippen molar-refractivity contribution in [3.05, 3.63) is 18.1 Å². The lowest BCUT2D eigenvalue weighted by Gasteiger charge is -2.34. The first-order valence-corrected chi connectivity index (χ1v) is 6.02. The first-order valence-electron chi connectivity index (χ1n) is 6.02. The molecule has 1 aliphatic heterocycles. The average Bonchev–Trinajstić information content (AvgIpc) is 2.40. The third-order valence-corrected chi connectivity index (χ3v) is 2.83. The van der Waals surface area contributed by atoms with Crippen LogP contribution in [0.5, 0.6) is 0 Å². The maximum Gasteiger partial charge on any atom is 0.132 e. The third-order valence-electron chi connectivity index (χ3n) is 2.83. The van der Waals surface area contributed by atoms with Crippen LogP contribution in [0.4, 0.5) is 5.82 Å². The summed E-state index contributed by atoms with van der Waals surface area (Å²) in [4.78, 5) is 10.7. The van der Waals surface area contributed by atoms with Crippen LogP contribution >= 0.6 is 0 Å². The Balaban J connectivity index is 1.85. The van der Waals surface area contributed by atoms with Gasteiger partial charge in [-0.2, -0.15) is 5.10 Å². The molecule has 98 valence electrons. The summed E-state index contributed by atoms with van der Waals surface area (Å²) in [6.07, 6.45) is 3.28. The SMILES string of the molecule is CN/N=C\NN1CCN(c2cc(C)ncn2)CC1. The Morgan fingerprint density at radius 2 is 2.06 bits per heavy atom. The average molecular weight is 249 g/mol. The Kier molecular flexibility index (Phi) is 4.30. The maximum atomic E-state index is 4.30. The zero-order chi connectivity index (χ0) is 12.8. The summed E-state index contributed by atoms with van der Waals surface area (Å²) in [6.45, 7) is 5.72. The highest BCUT2D eigenvalue weighted by atomic mass is 15.5. The van der Waals surface area contributed by atoms with Crippen molar-refractivity contribution < 1.29 is 0 Å². The molecule has 1 aromatic rings. The number of hydrazone groups is 1. The van der Waals surface area contributed by atoms with E-state index < -0.39 is 0 Å². The van der Waals surface area contributed by atoms with Crippen LogP contribution in [0, 0.1) is 6.92 Å². The summed E-state index contributed by atoms with van der Waals surface area (Å²) in [5.41, 5.74) is 6.83. The lowest BCUT2D eigenvalue weighted by Crippen LogP contribution is -2.52. The molecule has 1 aromatic heterocycles. The minimum Gasteiger partial charge on any atom is -0.354 e. The van der Waals surface area contributed by atoms with E-state index in [1.54, 1.807) is 19.7 Å². The number of hydrazine groups is 1. The molecular weight excluding hydrogens is 230 g/mol. The molecule has 0 aliphatic carbocycles. The van der Waals surface area contributed by atoms with Crippen LogP contribution in [-0.4, -0.2) is 54.5 Å². The maximum absolute atomic E-state index is 4.30. The highest BCUT2D eigenvalue weighted by Gasteiger charge is 2.17. The monoisotopic (exact) mass is 249 g/mol. The Bertz CT molecular complexity index is 398. The topological polar surface area (TPSA) is 68.7 Å². The number of aryl methyl sites for hydroxylation is 1. The summed E-state index contributed by atoms with van der Waals surface area (Å²) in [6, 6.07) is 2.02. The van der Waals surface area contributed by atoms with Gasteiger partial charge in [0.25, 0.3) is 0 Å². The Morgan fingerprint density at radius 1 is 1.28 bits per heavy atom. The second-order valence-corrected chi connectivity index (χ2v) is 4.10. The van der Waals surface area contributed by atoms with Gasteiger partial charge in [-0.3, -0.25) is 0 Å². The van der Waals surface area contributed by atoms with Crippen LogP contribution < -0.4 is 15.8 Å². The highest BCUT2D eigenvalue weighted by molar-refractivity contribution is 5.53. The van der Waals surface area contributed by atoms with Gasteiger partial charge >= 0.3 is 0 Å². The first-order chi connectivity index (χ1) is 8.79. The Labute approximate surface area is 107 Å². The summed E-state index contributed by atoms with van der Waals surface area (Å²) < 4.78 is 0. The zero-order valence-electron chi connectivity index (χ0n) is 10.8. The van der Waals surface area contributed by atoms with Gasteiger partial charge in [0.05, 0.1) is 0 Å². The molecule has 1 saturated heterocycles. The predicted molar refractivity (Wildman–Crippen MR) is 71.2 cm³/mol. The van der Waals surface area contributed by atoms with Crippen LogP contribution in [0.25, 0.3) is 0 Å². The fourth-order valence-electron chi connectivity index (χ4n) is 1.85. The molecule has 7 nitrogen and oxygen atoms in total. The van der Waals surface area contributed by atoms with Gasteiger partial charge in [0.15, 0.2) is 0 Å². The fraction of sp³-hybridized carbons (Fsp3) is 0.545. The van der Waals surface area contributed by atoms with Crippen molar-refractivity contribution in [2.75, 3.05) is 38.1 Å². The van der Waals surface area contributed by atoms with E-state index in [2.05, 4.69) is 35.8 Å². The molecular formula is C11H19N7. The van der Waals surface area contributed by atoms with Gasteiger partial charge < -0.3 is 15.8 Å². The van der Waals surface area contributed by atoms with Gasteiger partial charge in [-0.1, -0.05) is 0 Å². The largest absolute Gasteiger partial charge is 0.354 e. The summed E-state index contributed by atoms with van der Waals surface area (Å²) >= 11 is 0. The summed E-state index contributed by atoms with van der Waals surface area (Å²) in [7, 11) is 1.77. The standard InChI is InChI=1S/C11H19N7/c1-10-7-11(14-8-13-10)17-3-5-18(6-4-17)16-9-15-12-2/h7-9,12H,3-6H2,1-2H3,(H,15,16). The third kappa shape index (κ3) is 3.30. The molecule has 2 N–H and O–H groups in total. The number of nitrogens with zero attached hydrogens (tertiary/aromatic N) is 5. The normalized spacial score (nSPS) is 17.1. The van der Waals surface area contributed by atoms with Gasteiger partial charge in [0.1, 0.15) is 18.5 Å². The second-order valence-electron chi connectivity index (χ2n) is 4.10. The van der Waals surface area contributed by atoms with Crippen molar-refractivity contribution in [1.82, 2.24) is 25.8 Å². The highest BCUT2D eigenvalue weighted by Crippen LogP contribution is 2.12. The van der Waals surface area contributed by atoms with Gasteiger partial charge in [-0.05, 0) is 6.92 Å². The molecule has 1 fully saturated rings. The van der Waals surface area contributed by atoms with E-state index in [0.29, 0.717) is 0 Å². The van der Waals surface area contributed by atoms with Gasteiger partial charge in [0.2, 0.25) is 0 Å². The van der Waals surface area contributed by atoms with E-state index >= 15 is 0 Å². The lowest BCUT2D eigenvalue weighted by atomic mass is 10.3. The lowest BCUT2D eigenvalue weighted by molar-refractivity contribution is 0.223. The molecule has 7 heteroatoms. The molecule has 2 heterocycles. The second kappa shape index (κ2) is 6.15. The Morgan fingerprint density at radius 3 is 2.72 bits per heavy atom. The van der Waals surface area contributed by atoms with E-state index in [1.165, 1.54) is 0 Å². The van der Waals surface area contributed by atoms with E-state index in [9.17, 15) is 0 Å². The molecule has 1 aliphatic rings. The quantitative estimate of drug-likeness (QED) is 0.429. The molecule has 0 aromatic carbocycles. The fourth-order valence-corrected chi connectivity index (χ4v) is 1.85. The molecule has 0 spiro atoms. The van der Waals surface area contributed by atoms with Crippen molar-refractivity contribution in [1.29, 1.82) is 0 Å². The molecule has 0 saturated carbocycles. The van der Waals surface area contributed by atoms with Gasteiger partial charge in [-0.15, -0.1) is 0 Å². The van der Waals surface area contributed by atoms with Crippen molar-refractivity contribution in [3.8, 4) is 0 Å². The number of aromatic nitrogens is 2. The van der Waals surface area contributed by atoms with Gasteiger partial charge in [-0.25, -0.2) is 15.0 Å². The minimum atomic E-state index is 0.929. The molecule has 2 rings (SSSR count). The number of hydrogen-bond donors (Lipinski definition) is 2. The van der Waals surface area contributed by atoms with Crippen LogP contribution in [0.1, 0.15) is 5.69 Å². The number of nitrogens with one attached hydrogen (secondary N) is 2. The number of anilines is 1. The number of rotatable bonds is 4. The molecule has 0 radical (unpaired) electrons.